The summed E-state index contributed by atoms with van der Waals surface area (Å²) in [5.41, 5.74) is 0.362. The maximum atomic E-state index is 12.5. The zero-order valence-electron chi connectivity index (χ0n) is 13.7. The van der Waals surface area contributed by atoms with E-state index >= 15 is 0 Å². The number of halogens is 3. The molecule has 0 spiro atoms. The molecule has 2 aromatic rings. The summed E-state index contributed by atoms with van der Waals surface area (Å²) >= 11 is 19.5. The average Bonchev–Trinajstić information content (AvgIpc) is 3.32. The number of nitrogens with zero attached hydrogens (tertiary/aromatic N) is 3. The molecule has 1 unspecified atom stereocenters. The van der Waals surface area contributed by atoms with Crippen LogP contribution in [0.15, 0.2) is 17.3 Å². The Labute approximate surface area is 165 Å². The van der Waals surface area contributed by atoms with Crippen molar-refractivity contribution in [2.24, 2.45) is 0 Å². The molecule has 5 nitrogen and oxygen atoms in total. The molecule has 3 rings (SSSR count). The van der Waals surface area contributed by atoms with Gasteiger partial charge in [0.25, 0.3) is 0 Å². The van der Waals surface area contributed by atoms with Crippen LogP contribution in [0.1, 0.15) is 38.4 Å². The Morgan fingerprint density at radius 3 is 2.52 bits per heavy atom. The van der Waals surface area contributed by atoms with Gasteiger partial charge >= 0.3 is 0 Å². The molecule has 0 radical (unpaired) electrons. The molecule has 1 heterocycles. The second-order valence-corrected chi connectivity index (χ2v) is 8.41. The van der Waals surface area contributed by atoms with Gasteiger partial charge in [-0.1, -0.05) is 46.6 Å². The van der Waals surface area contributed by atoms with E-state index in [2.05, 4.69) is 27.0 Å². The van der Waals surface area contributed by atoms with Gasteiger partial charge in [0.2, 0.25) is 5.91 Å². The zero-order valence-corrected chi connectivity index (χ0v) is 16.8. The smallest absolute Gasteiger partial charge is 0.237 e. The molecule has 1 aromatic carbocycles. The number of anilines is 1. The number of rotatable bonds is 6. The fourth-order valence-electron chi connectivity index (χ4n) is 2.43. The van der Waals surface area contributed by atoms with E-state index in [0.717, 1.165) is 30.4 Å². The van der Waals surface area contributed by atoms with E-state index in [9.17, 15) is 4.79 Å². The third kappa shape index (κ3) is 4.25. The predicted octanol–water partition coefficient (Wildman–Crippen LogP) is 5.25. The molecule has 1 atom stereocenters. The molecule has 1 saturated carbocycles. The van der Waals surface area contributed by atoms with Crippen LogP contribution >= 0.6 is 46.6 Å². The lowest BCUT2D eigenvalue weighted by molar-refractivity contribution is -0.115. The molecule has 0 bridgehead atoms. The molecule has 1 aliphatic rings. The van der Waals surface area contributed by atoms with E-state index < -0.39 is 0 Å². The van der Waals surface area contributed by atoms with E-state index in [4.69, 9.17) is 34.8 Å². The molecule has 1 fully saturated rings. The van der Waals surface area contributed by atoms with Gasteiger partial charge in [0.1, 0.15) is 5.82 Å². The van der Waals surface area contributed by atoms with Crippen LogP contribution in [0.25, 0.3) is 0 Å². The summed E-state index contributed by atoms with van der Waals surface area (Å²) < 4.78 is 2.08. The van der Waals surface area contributed by atoms with Crippen LogP contribution in [0.3, 0.4) is 0 Å². The summed E-state index contributed by atoms with van der Waals surface area (Å²) in [7, 11) is 0. The molecular formula is C16H17Cl3N4OS. The van der Waals surface area contributed by atoms with E-state index in [1.807, 2.05) is 6.92 Å². The van der Waals surface area contributed by atoms with Crippen LogP contribution in [0, 0.1) is 0 Å². The molecule has 1 N–H and O–H groups in total. The van der Waals surface area contributed by atoms with Gasteiger partial charge in [-0.3, -0.25) is 4.79 Å². The SMILES string of the molecule is CCn1c(SC(C)C(=O)Nc2c(Cl)cc(Cl)cc2Cl)nnc1C1CC1. The number of thioether (sulfide) groups is 1. The molecule has 0 saturated heterocycles. The van der Waals surface area contributed by atoms with Crippen LogP contribution < -0.4 is 5.32 Å². The van der Waals surface area contributed by atoms with Gasteiger partial charge in [-0.05, 0) is 38.8 Å². The normalized spacial score (nSPS) is 15.2. The van der Waals surface area contributed by atoms with Crippen molar-refractivity contribution in [3.63, 3.8) is 0 Å². The summed E-state index contributed by atoms with van der Waals surface area (Å²) in [4.78, 5) is 12.5. The second-order valence-electron chi connectivity index (χ2n) is 5.85. The Kier molecular flexibility index (Phi) is 5.83. The lowest BCUT2D eigenvalue weighted by Gasteiger charge is -2.14. The first-order valence-electron chi connectivity index (χ1n) is 7.95. The number of amides is 1. The number of nitrogens with one attached hydrogen (secondary N) is 1. The monoisotopic (exact) mass is 418 g/mol. The highest BCUT2D eigenvalue weighted by atomic mass is 35.5. The first-order chi connectivity index (χ1) is 11.9. The molecule has 1 amide bonds. The average molecular weight is 420 g/mol. The summed E-state index contributed by atoms with van der Waals surface area (Å²) in [5, 5.41) is 12.7. The van der Waals surface area contributed by atoms with Gasteiger partial charge < -0.3 is 9.88 Å². The second kappa shape index (κ2) is 7.74. The largest absolute Gasteiger partial charge is 0.323 e. The number of carbonyl (C=O) groups is 1. The minimum atomic E-state index is -0.385. The highest BCUT2D eigenvalue weighted by Crippen LogP contribution is 2.40. The third-order valence-corrected chi connectivity index (χ3v) is 5.81. The number of hydrogen-bond donors (Lipinski definition) is 1. The zero-order chi connectivity index (χ0) is 18.1. The van der Waals surface area contributed by atoms with Crippen LogP contribution in [0.5, 0.6) is 0 Å². The number of benzene rings is 1. The number of carbonyl (C=O) groups excluding carboxylic acids is 1. The minimum Gasteiger partial charge on any atom is -0.323 e. The predicted molar refractivity (Wildman–Crippen MR) is 103 cm³/mol. The van der Waals surface area contributed by atoms with Crippen molar-refractivity contribution in [2.45, 2.75) is 49.6 Å². The number of hydrogen-bond acceptors (Lipinski definition) is 4. The van der Waals surface area contributed by atoms with Gasteiger partial charge in [0, 0.05) is 17.5 Å². The Morgan fingerprint density at radius 1 is 1.32 bits per heavy atom. The maximum absolute atomic E-state index is 12.5. The lowest BCUT2D eigenvalue weighted by atomic mass is 10.3. The summed E-state index contributed by atoms with van der Waals surface area (Å²) in [6.45, 7) is 4.64. The van der Waals surface area contributed by atoms with Crippen molar-refractivity contribution in [3.8, 4) is 0 Å². The summed E-state index contributed by atoms with van der Waals surface area (Å²) in [6, 6.07) is 3.08. The maximum Gasteiger partial charge on any atom is 0.237 e. The van der Waals surface area contributed by atoms with E-state index in [-0.39, 0.29) is 11.2 Å². The van der Waals surface area contributed by atoms with E-state index in [1.165, 1.54) is 23.9 Å². The third-order valence-electron chi connectivity index (χ3n) is 3.91. The molecule has 9 heteroatoms. The Morgan fingerprint density at radius 2 is 1.96 bits per heavy atom. The first-order valence-corrected chi connectivity index (χ1v) is 9.97. The van der Waals surface area contributed by atoms with Crippen molar-refractivity contribution in [1.82, 2.24) is 14.8 Å². The Balaban J connectivity index is 1.71. The van der Waals surface area contributed by atoms with Gasteiger partial charge in [0.15, 0.2) is 5.16 Å². The number of aromatic nitrogens is 3. The highest BCUT2D eigenvalue weighted by molar-refractivity contribution is 8.00. The fourth-order valence-corrected chi connectivity index (χ4v) is 4.26. The van der Waals surface area contributed by atoms with Crippen LogP contribution in [-0.2, 0) is 11.3 Å². The minimum absolute atomic E-state index is 0.213. The van der Waals surface area contributed by atoms with Gasteiger partial charge in [-0.15, -0.1) is 10.2 Å². The topological polar surface area (TPSA) is 59.8 Å². The van der Waals surface area contributed by atoms with Crippen molar-refractivity contribution >= 4 is 58.2 Å². The van der Waals surface area contributed by atoms with Crippen LogP contribution in [0.2, 0.25) is 15.1 Å². The van der Waals surface area contributed by atoms with Crippen molar-refractivity contribution in [1.29, 1.82) is 0 Å². The lowest BCUT2D eigenvalue weighted by Crippen LogP contribution is -2.23. The molecule has 134 valence electrons. The Hall–Kier alpha value is -0.950. The van der Waals surface area contributed by atoms with Gasteiger partial charge in [-0.2, -0.15) is 0 Å². The van der Waals surface area contributed by atoms with E-state index in [0.29, 0.717) is 26.7 Å². The standard InChI is InChI=1S/C16H17Cl3N4OS/c1-3-23-14(9-4-5-9)21-22-16(23)25-8(2)15(24)20-13-11(18)6-10(17)7-12(13)19/h6-9H,3-5H2,1-2H3,(H,20,24). The summed E-state index contributed by atoms with van der Waals surface area (Å²) in [6.07, 6.45) is 2.32. The molecule has 25 heavy (non-hydrogen) atoms. The first kappa shape index (κ1) is 18.8. The quantitative estimate of drug-likeness (QED) is 0.649. The van der Waals surface area contributed by atoms with E-state index in [1.54, 1.807) is 0 Å². The molecule has 0 aliphatic heterocycles. The molecular weight excluding hydrogens is 403 g/mol. The molecule has 1 aromatic heterocycles. The van der Waals surface area contributed by atoms with Crippen LogP contribution in [-0.4, -0.2) is 25.9 Å². The Bertz CT molecular complexity index is 784. The van der Waals surface area contributed by atoms with Crippen molar-refractivity contribution < 1.29 is 4.79 Å². The van der Waals surface area contributed by atoms with Crippen molar-refractivity contribution in [3.05, 3.63) is 33.0 Å². The summed E-state index contributed by atoms with van der Waals surface area (Å²) in [5.74, 6) is 1.31. The van der Waals surface area contributed by atoms with Crippen LogP contribution in [0.4, 0.5) is 5.69 Å². The van der Waals surface area contributed by atoms with Crippen molar-refractivity contribution in [2.75, 3.05) is 5.32 Å². The van der Waals surface area contributed by atoms with Gasteiger partial charge in [0.05, 0.1) is 21.0 Å². The van der Waals surface area contributed by atoms with Gasteiger partial charge in [-0.25, -0.2) is 0 Å². The molecule has 1 aliphatic carbocycles. The fraction of sp³-hybridized carbons (Fsp3) is 0.438. The highest BCUT2D eigenvalue weighted by Gasteiger charge is 2.30.